The third-order valence-corrected chi connectivity index (χ3v) is 4.68. The fourth-order valence-electron chi connectivity index (χ4n) is 3.05. The molecule has 0 unspecified atom stereocenters. The predicted octanol–water partition coefficient (Wildman–Crippen LogP) is 4.05. The van der Waals surface area contributed by atoms with Crippen LogP contribution in [0.3, 0.4) is 0 Å². The van der Waals surface area contributed by atoms with Gasteiger partial charge < -0.3 is 10.6 Å². The molecule has 1 aromatic carbocycles. The Kier molecular flexibility index (Phi) is 6.40. The van der Waals surface area contributed by atoms with Gasteiger partial charge in [0.25, 0.3) is 5.91 Å². The van der Waals surface area contributed by atoms with E-state index in [1.807, 2.05) is 13.8 Å². The van der Waals surface area contributed by atoms with Crippen molar-refractivity contribution >= 4 is 11.6 Å². The third kappa shape index (κ3) is 5.26. The topological polar surface area (TPSA) is 84.7 Å². The highest BCUT2D eigenvalue weighted by molar-refractivity contribution is 6.06. The minimum absolute atomic E-state index is 0.0496. The molecule has 1 amide bonds. The summed E-state index contributed by atoms with van der Waals surface area (Å²) in [4.78, 5) is 17.3. The van der Waals surface area contributed by atoms with Gasteiger partial charge >= 0.3 is 6.18 Å². The first-order valence-corrected chi connectivity index (χ1v) is 9.66. The van der Waals surface area contributed by atoms with Crippen molar-refractivity contribution in [3.63, 3.8) is 0 Å². The smallest absolute Gasteiger partial charge is 0.322 e. The van der Waals surface area contributed by atoms with Crippen molar-refractivity contribution in [2.45, 2.75) is 46.5 Å². The molecule has 0 saturated carbocycles. The summed E-state index contributed by atoms with van der Waals surface area (Å²) in [7, 11) is 0. The van der Waals surface area contributed by atoms with Crippen molar-refractivity contribution in [2.75, 3.05) is 5.32 Å². The summed E-state index contributed by atoms with van der Waals surface area (Å²) < 4.78 is 42.1. The highest BCUT2D eigenvalue weighted by Gasteiger charge is 2.34. The minimum Gasteiger partial charge on any atom is -0.322 e. The predicted molar refractivity (Wildman–Crippen MR) is 110 cm³/mol. The van der Waals surface area contributed by atoms with Crippen molar-refractivity contribution in [1.82, 2.24) is 25.3 Å². The molecule has 0 spiro atoms. The van der Waals surface area contributed by atoms with Gasteiger partial charge in [-0.25, -0.2) is 9.67 Å². The monoisotopic (exact) mass is 432 g/mol. The highest BCUT2D eigenvalue weighted by atomic mass is 19.4. The first kappa shape index (κ1) is 22.4. The molecule has 164 valence electrons. The number of aryl methyl sites for hydroxylation is 1. The van der Waals surface area contributed by atoms with E-state index in [0.717, 1.165) is 6.07 Å². The molecule has 31 heavy (non-hydrogen) atoms. The summed E-state index contributed by atoms with van der Waals surface area (Å²) in [5.74, 6) is -0.363. The number of hydrogen-bond acceptors (Lipinski definition) is 5. The molecule has 0 bridgehead atoms. The van der Waals surface area contributed by atoms with E-state index in [0.29, 0.717) is 11.3 Å². The fraction of sp³-hybridized carbons (Fsp3) is 0.333. The quantitative estimate of drug-likeness (QED) is 0.614. The largest absolute Gasteiger partial charge is 0.416 e. The Labute approximate surface area is 177 Å². The Morgan fingerprint density at radius 1 is 1.19 bits per heavy atom. The first-order chi connectivity index (χ1) is 14.6. The summed E-state index contributed by atoms with van der Waals surface area (Å²) >= 11 is 0. The SMILES string of the molecule is Cc1ccc(C(=O)Nc2cc(CNC(C)C)c(C)c(C(F)(F)F)c2)c(-n2ccnn2)n1. The molecule has 2 aromatic heterocycles. The summed E-state index contributed by atoms with van der Waals surface area (Å²) in [5.41, 5.74) is 0.653. The Balaban J connectivity index is 1.99. The van der Waals surface area contributed by atoms with Crippen LogP contribution in [-0.2, 0) is 12.7 Å². The van der Waals surface area contributed by atoms with Crippen LogP contribution in [-0.4, -0.2) is 31.9 Å². The summed E-state index contributed by atoms with van der Waals surface area (Å²) in [6, 6.07) is 5.78. The molecule has 0 aliphatic rings. The number of aromatic nitrogens is 4. The van der Waals surface area contributed by atoms with Crippen LogP contribution < -0.4 is 10.6 Å². The number of benzene rings is 1. The minimum atomic E-state index is -4.55. The number of rotatable bonds is 6. The molecule has 0 fully saturated rings. The lowest BCUT2D eigenvalue weighted by molar-refractivity contribution is -0.138. The molecule has 0 saturated heterocycles. The Morgan fingerprint density at radius 2 is 1.94 bits per heavy atom. The molecule has 3 rings (SSSR count). The maximum Gasteiger partial charge on any atom is 0.416 e. The molecule has 0 radical (unpaired) electrons. The molecule has 2 N–H and O–H groups in total. The number of halogens is 3. The summed E-state index contributed by atoms with van der Waals surface area (Å²) in [5, 5.41) is 13.3. The molecule has 7 nitrogen and oxygen atoms in total. The maximum absolute atomic E-state index is 13.6. The molecule has 3 aromatic rings. The zero-order valence-corrected chi connectivity index (χ0v) is 17.6. The molecule has 0 atom stereocenters. The van der Waals surface area contributed by atoms with Crippen LogP contribution >= 0.6 is 0 Å². The average Bonchev–Trinajstić information content (AvgIpc) is 3.21. The van der Waals surface area contributed by atoms with E-state index in [4.69, 9.17) is 0 Å². The zero-order valence-electron chi connectivity index (χ0n) is 17.6. The van der Waals surface area contributed by atoms with E-state index < -0.39 is 17.6 Å². The van der Waals surface area contributed by atoms with Gasteiger partial charge in [0.05, 0.1) is 23.5 Å². The van der Waals surface area contributed by atoms with Gasteiger partial charge in [-0.3, -0.25) is 4.79 Å². The lowest BCUT2D eigenvalue weighted by Gasteiger charge is -2.18. The van der Waals surface area contributed by atoms with Gasteiger partial charge in [-0.2, -0.15) is 13.2 Å². The van der Waals surface area contributed by atoms with Gasteiger partial charge in [0, 0.05) is 24.0 Å². The second-order valence-electron chi connectivity index (χ2n) is 7.47. The molecule has 0 aliphatic heterocycles. The molecular formula is C21H23F3N6O. The van der Waals surface area contributed by atoms with E-state index in [1.165, 1.54) is 24.0 Å². The number of anilines is 1. The second-order valence-corrected chi connectivity index (χ2v) is 7.47. The van der Waals surface area contributed by atoms with Gasteiger partial charge in [0.15, 0.2) is 5.82 Å². The van der Waals surface area contributed by atoms with Crippen molar-refractivity contribution in [3.8, 4) is 5.82 Å². The zero-order chi connectivity index (χ0) is 22.8. The number of carbonyl (C=O) groups is 1. The standard InChI is InChI=1S/C21H23F3N6O/c1-12(2)25-11-15-9-16(10-18(14(15)4)21(22,23)24)28-20(31)17-6-5-13(3)27-19(17)30-8-7-26-29-30/h5-10,12,25H,11H2,1-4H3,(H,28,31). The van der Waals surface area contributed by atoms with E-state index in [-0.39, 0.29) is 35.2 Å². The van der Waals surface area contributed by atoms with Crippen LogP contribution in [0.1, 0.15) is 46.6 Å². The third-order valence-electron chi connectivity index (χ3n) is 4.68. The molecule has 2 heterocycles. The number of pyridine rings is 1. The second kappa shape index (κ2) is 8.84. The van der Waals surface area contributed by atoms with Crippen LogP contribution in [0.25, 0.3) is 5.82 Å². The Morgan fingerprint density at radius 3 is 2.55 bits per heavy atom. The molecular weight excluding hydrogens is 409 g/mol. The fourth-order valence-corrected chi connectivity index (χ4v) is 3.05. The van der Waals surface area contributed by atoms with Crippen molar-refractivity contribution in [3.05, 3.63) is 64.6 Å². The lowest BCUT2D eigenvalue weighted by Crippen LogP contribution is -2.23. The van der Waals surface area contributed by atoms with Gasteiger partial charge in [0.1, 0.15) is 0 Å². The van der Waals surface area contributed by atoms with E-state index >= 15 is 0 Å². The van der Waals surface area contributed by atoms with E-state index in [9.17, 15) is 18.0 Å². The van der Waals surface area contributed by atoms with Gasteiger partial charge in [0.2, 0.25) is 0 Å². The Hall–Kier alpha value is -3.27. The number of alkyl halides is 3. The van der Waals surface area contributed by atoms with Crippen molar-refractivity contribution in [2.24, 2.45) is 0 Å². The Bertz CT molecular complexity index is 1080. The van der Waals surface area contributed by atoms with Crippen molar-refractivity contribution in [1.29, 1.82) is 0 Å². The van der Waals surface area contributed by atoms with Crippen LogP contribution in [0.5, 0.6) is 0 Å². The highest BCUT2D eigenvalue weighted by Crippen LogP contribution is 2.35. The van der Waals surface area contributed by atoms with Crippen LogP contribution in [0.4, 0.5) is 18.9 Å². The van der Waals surface area contributed by atoms with Crippen LogP contribution in [0, 0.1) is 13.8 Å². The van der Waals surface area contributed by atoms with Crippen molar-refractivity contribution < 1.29 is 18.0 Å². The van der Waals surface area contributed by atoms with Gasteiger partial charge in [-0.05, 0) is 49.2 Å². The summed E-state index contributed by atoms with van der Waals surface area (Å²) in [6.07, 6.45) is -1.58. The van der Waals surface area contributed by atoms with E-state index in [2.05, 4.69) is 25.9 Å². The van der Waals surface area contributed by atoms with Gasteiger partial charge in [-0.1, -0.05) is 19.1 Å². The van der Waals surface area contributed by atoms with E-state index in [1.54, 1.807) is 25.1 Å². The maximum atomic E-state index is 13.6. The number of nitrogens with zero attached hydrogens (tertiary/aromatic N) is 4. The normalized spacial score (nSPS) is 11.7. The molecule has 0 aliphatic carbocycles. The number of hydrogen-bond donors (Lipinski definition) is 2. The van der Waals surface area contributed by atoms with Crippen LogP contribution in [0.15, 0.2) is 36.7 Å². The number of nitrogens with one attached hydrogen (secondary N) is 2. The number of carbonyl (C=O) groups excluding carboxylic acids is 1. The average molecular weight is 432 g/mol. The summed E-state index contributed by atoms with van der Waals surface area (Å²) in [6.45, 7) is 7.24. The molecule has 10 heteroatoms. The first-order valence-electron chi connectivity index (χ1n) is 9.66. The lowest BCUT2D eigenvalue weighted by atomic mass is 10.00. The van der Waals surface area contributed by atoms with Crippen LogP contribution in [0.2, 0.25) is 0 Å². The number of amides is 1. The van der Waals surface area contributed by atoms with Gasteiger partial charge in [-0.15, -0.1) is 5.10 Å².